The van der Waals surface area contributed by atoms with Crippen LogP contribution in [0.1, 0.15) is 71.6 Å². The number of carboxylic acids is 1. The third kappa shape index (κ3) is 3.65. The van der Waals surface area contributed by atoms with E-state index in [2.05, 4.69) is 47.6 Å². The van der Waals surface area contributed by atoms with Crippen LogP contribution in [-0.2, 0) is 21.2 Å². The second-order valence-corrected chi connectivity index (χ2v) is 7.82. The molecule has 0 radical (unpaired) electrons. The molecule has 0 spiro atoms. The predicted molar refractivity (Wildman–Crippen MR) is 85.7 cm³/mol. The van der Waals surface area contributed by atoms with Gasteiger partial charge in [0, 0.05) is 0 Å². The topological polar surface area (TPSA) is 57.5 Å². The van der Waals surface area contributed by atoms with E-state index in [1.165, 1.54) is 0 Å². The standard InChI is InChI=1S/C18H28O3/c1-8-18(21,15(19)20)14-10-12(16(2,3)4)9-13(11-14)17(5,6)7/h9-11,21H,8H2,1-7H3,(H,19,20). The summed E-state index contributed by atoms with van der Waals surface area (Å²) >= 11 is 0. The Morgan fingerprint density at radius 3 is 1.48 bits per heavy atom. The number of benzene rings is 1. The van der Waals surface area contributed by atoms with Crippen molar-refractivity contribution in [3.63, 3.8) is 0 Å². The summed E-state index contributed by atoms with van der Waals surface area (Å²) in [5.74, 6) is -1.20. The fourth-order valence-corrected chi connectivity index (χ4v) is 2.21. The molecule has 0 aliphatic rings. The molecule has 1 atom stereocenters. The van der Waals surface area contributed by atoms with E-state index in [0.29, 0.717) is 5.56 Å². The molecule has 0 saturated heterocycles. The molecule has 1 rings (SSSR count). The summed E-state index contributed by atoms with van der Waals surface area (Å²) in [4.78, 5) is 11.5. The number of aliphatic hydroxyl groups is 1. The van der Waals surface area contributed by atoms with Crippen LogP contribution in [-0.4, -0.2) is 16.2 Å². The number of carbonyl (C=O) groups is 1. The second kappa shape index (κ2) is 5.45. The largest absolute Gasteiger partial charge is 0.479 e. The first-order valence-corrected chi connectivity index (χ1v) is 7.44. The molecule has 0 aliphatic heterocycles. The van der Waals surface area contributed by atoms with Crippen LogP contribution in [0.3, 0.4) is 0 Å². The van der Waals surface area contributed by atoms with Crippen LogP contribution in [0.25, 0.3) is 0 Å². The molecule has 0 aromatic heterocycles. The number of hydrogen-bond donors (Lipinski definition) is 2. The fraction of sp³-hybridized carbons (Fsp3) is 0.611. The molecule has 0 aliphatic carbocycles. The van der Waals surface area contributed by atoms with Gasteiger partial charge in [0.25, 0.3) is 0 Å². The zero-order chi connectivity index (χ0) is 16.6. The highest BCUT2D eigenvalue weighted by Crippen LogP contribution is 2.35. The van der Waals surface area contributed by atoms with Crippen molar-refractivity contribution in [2.75, 3.05) is 0 Å². The molecule has 1 aromatic carbocycles. The minimum atomic E-state index is -1.83. The summed E-state index contributed by atoms with van der Waals surface area (Å²) < 4.78 is 0. The molecule has 1 unspecified atom stereocenters. The van der Waals surface area contributed by atoms with Gasteiger partial charge in [-0.2, -0.15) is 0 Å². The molecule has 0 fully saturated rings. The van der Waals surface area contributed by atoms with Crippen LogP contribution in [0, 0.1) is 0 Å². The Labute approximate surface area is 128 Å². The Morgan fingerprint density at radius 1 is 0.905 bits per heavy atom. The summed E-state index contributed by atoms with van der Waals surface area (Å²) in [7, 11) is 0. The van der Waals surface area contributed by atoms with E-state index in [1.54, 1.807) is 6.92 Å². The van der Waals surface area contributed by atoms with Gasteiger partial charge in [0.2, 0.25) is 0 Å². The zero-order valence-electron chi connectivity index (χ0n) is 14.2. The van der Waals surface area contributed by atoms with Gasteiger partial charge in [-0.1, -0.05) is 66.7 Å². The first-order chi connectivity index (χ1) is 9.32. The first-order valence-electron chi connectivity index (χ1n) is 7.44. The molecule has 0 saturated carbocycles. The molecular formula is C18H28O3. The summed E-state index contributed by atoms with van der Waals surface area (Å²) in [5, 5.41) is 20.0. The number of hydrogen-bond acceptors (Lipinski definition) is 2. The Hall–Kier alpha value is -1.35. The normalized spacial score (nSPS) is 15.6. The molecule has 0 bridgehead atoms. The maximum atomic E-state index is 11.5. The van der Waals surface area contributed by atoms with Crippen molar-refractivity contribution in [3.05, 3.63) is 34.9 Å². The average Bonchev–Trinajstić information content (AvgIpc) is 2.34. The minimum absolute atomic E-state index is 0.108. The van der Waals surface area contributed by atoms with E-state index in [0.717, 1.165) is 11.1 Å². The zero-order valence-corrected chi connectivity index (χ0v) is 14.2. The van der Waals surface area contributed by atoms with Crippen LogP contribution in [0.15, 0.2) is 18.2 Å². The van der Waals surface area contributed by atoms with Crippen molar-refractivity contribution >= 4 is 5.97 Å². The van der Waals surface area contributed by atoms with E-state index < -0.39 is 11.6 Å². The van der Waals surface area contributed by atoms with Crippen LogP contribution < -0.4 is 0 Å². The third-order valence-corrected chi connectivity index (χ3v) is 4.01. The third-order valence-electron chi connectivity index (χ3n) is 4.01. The van der Waals surface area contributed by atoms with Crippen molar-refractivity contribution in [1.29, 1.82) is 0 Å². The van der Waals surface area contributed by atoms with Gasteiger partial charge in [-0.15, -0.1) is 0 Å². The van der Waals surface area contributed by atoms with Gasteiger partial charge in [0.05, 0.1) is 0 Å². The summed E-state index contributed by atoms with van der Waals surface area (Å²) in [6.07, 6.45) is 0.138. The summed E-state index contributed by atoms with van der Waals surface area (Å²) in [5.41, 5.74) is 0.499. The maximum absolute atomic E-state index is 11.5. The van der Waals surface area contributed by atoms with Gasteiger partial charge in [-0.05, 0) is 33.9 Å². The average molecular weight is 292 g/mol. The van der Waals surface area contributed by atoms with Crippen molar-refractivity contribution in [3.8, 4) is 0 Å². The van der Waals surface area contributed by atoms with Crippen LogP contribution in [0.5, 0.6) is 0 Å². The Balaban J connectivity index is 3.64. The van der Waals surface area contributed by atoms with Crippen LogP contribution >= 0.6 is 0 Å². The molecule has 0 amide bonds. The SMILES string of the molecule is CCC(O)(C(=O)O)c1cc(C(C)(C)C)cc(C(C)(C)C)c1. The number of carboxylic acid groups (broad SMARTS) is 1. The lowest BCUT2D eigenvalue weighted by Crippen LogP contribution is -2.35. The Morgan fingerprint density at radius 2 is 1.24 bits per heavy atom. The molecule has 21 heavy (non-hydrogen) atoms. The fourth-order valence-electron chi connectivity index (χ4n) is 2.21. The van der Waals surface area contributed by atoms with E-state index >= 15 is 0 Å². The van der Waals surface area contributed by atoms with Crippen molar-refractivity contribution in [2.24, 2.45) is 0 Å². The Kier molecular flexibility index (Phi) is 4.59. The van der Waals surface area contributed by atoms with Crippen LogP contribution in [0.4, 0.5) is 0 Å². The van der Waals surface area contributed by atoms with E-state index in [4.69, 9.17) is 0 Å². The summed E-state index contributed by atoms with van der Waals surface area (Å²) in [6, 6.07) is 5.77. The van der Waals surface area contributed by atoms with Gasteiger partial charge in [0.1, 0.15) is 0 Å². The Bertz CT molecular complexity index is 500. The van der Waals surface area contributed by atoms with E-state index in [9.17, 15) is 15.0 Å². The van der Waals surface area contributed by atoms with Crippen molar-refractivity contribution in [2.45, 2.75) is 71.3 Å². The van der Waals surface area contributed by atoms with Crippen molar-refractivity contribution < 1.29 is 15.0 Å². The maximum Gasteiger partial charge on any atom is 0.340 e. The number of aliphatic carboxylic acids is 1. The van der Waals surface area contributed by atoms with Crippen LogP contribution in [0.2, 0.25) is 0 Å². The lowest BCUT2D eigenvalue weighted by molar-refractivity contribution is -0.160. The molecule has 1 aromatic rings. The highest BCUT2D eigenvalue weighted by atomic mass is 16.4. The summed E-state index contributed by atoms with van der Waals surface area (Å²) in [6.45, 7) is 14.2. The predicted octanol–water partition coefficient (Wildman–Crippen LogP) is 3.96. The van der Waals surface area contributed by atoms with Crippen molar-refractivity contribution in [1.82, 2.24) is 0 Å². The monoisotopic (exact) mass is 292 g/mol. The lowest BCUT2D eigenvalue weighted by atomic mass is 9.77. The molecule has 118 valence electrons. The van der Waals surface area contributed by atoms with Gasteiger partial charge in [-0.3, -0.25) is 0 Å². The van der Waals surface area contributed by atoms with Gasteiger partial charge in [0.15, 0.2) is 5.60 Å². The first kappa shape index (κ1) is 17.7. The molecule has 0 heterocycles. The minimum Gasteiger partial charge on any atom is -0.479 e. The molecule has 3 heteroatoms. The molecule has 2 N–H and O–H groups in total. The highest BCUT2D eigenvalue weighted by Gasteiger charge is 2.37. The quantitative estimate of drug-likeness (QED) is 0.886. The highest BCUT2D eigenvalue weighted by molar-refractivity contribution is 5.79. The van der Waals surface area contributed by atoms with E-state index in [1.807, 2.05) is 12.1 Å². The van der Waals surface area contributed by atoms with E-state index in [-0.39, 0.29) is 17.3 Å². The molecular weight excluding hydrogens is 264 g/mol. The molecule has 3 nitrogen and oxygen atoms in total. The van der Waals surface area contributed by atoms with Gasteiger partial charge >= 0.3 is 5.97 Å². The number of rotatable bonds is 3. The smallest absolute Gasteiger partial charge is 0.340 e. The van der Waals surface area contributed by atoms with Gasteiger partial charge in [-0.25, -0.2) is 4.79 Å². The van der Waals surface area contributed by atoms with Gasteiger partial charge < -0.3 is 10.2 Å². The second-order valence-electron chi connectivity index (χ2n) is 7.82. The lowest BCUT2D eigenvalue weighted by Gasteiger charge is -2.30.